The molecule has 0 bridgehead atoms. The fourth-order valence-electron chi connectivity index (χ4n) is 1.91. The second-order valence-corrected chi connectivity index (χ2v) is 4.06. The second kappa shape index (κ2) is 4.51. The van der Waals surface area contributed by atoms with E-state index in [0.29, 0.717) is 11.9 Å². The van der Waals surface area contributed by atoms with Crippen molar-refractivity contribution in [2.75, 3.05) is 12.4 Å². The summed E-state index contributed by atoms with van der Waals surface area (Å²) in [5, 5.41) is 3.52. The number of rotatable bonds is 5. The molecule has 1 unspecified atom stereocenters. The van der Waals surface area contributed by atoms with Gasteiger partial charge in [0.15, 0.2) is 0 Å². The smallest absolute Gasteiger partial charge is 0.237 e. The first kappa shape index (κ1) is 10.3. The van der Waals surface area contributed by atoms with E-state index in [4.69, 9.17) is 4.74 Å². The van der Waals surface area contributed by atoms with Gasteiger partial charge in [-0.3, -0.25) is 0 Å². The molecule has 1 saturated carbocycles. The molecular weight excluding hydrogens is 188 g/mol. The van der Waals surface area contributed by atoms with Gasteiger partial charge in [0.25, 0.3) is 0 Å². The number of ether oxygens (including phenoxy) is 1. The Hall–Kier alpha value is -1.25. The Bertz CT molecular complexity index is 323. The third-order valence-corrected chi connectivity index (χ3v) is 2.94. The molecule has 0 saturated heterocycles. The van der Waals surface area contributed by atoms with E-state index in [0.717, 1.165) is 18.0 Å². The Labute approximate surface area is 90.9 Å². The molecule has 0 aromatic carbocycles. The first-order chi connectivity index (χ1) is 7.35. The van der Waals surface area contributed by atoms with Crippen molar-refractivity contribution in [1.29, 1.82) is 0 Å². The van der Waals surface area contributed by atoms with E-state index in [1.165, 1.54) is 12.8 Å². The minimum atomic E-state index is 0.572. The normalized spacial score (nSPS) is 17.2. The van der Waals surface area contributed by atoms with Crippen molar-refractivity contribution in [3.8, 4) is 5.88 Å². The molecule has 1 atom stereocenters. The Morgan fingerprint density at radius 2 is 2.40 bits per heavy atom. The van der Waals surface area contributed by atoms with E-state index in [1.54, 1.807) is 13.3 Å². The zero-order chi connectivity index (χ0) is 10.7. The van der Waals surface area contributed by atoms with Crippen LogP contribution < -0.4 is 10.1 Å². The van der Waals surface area contributed by atoms with Gasteiger partial charge in [0.2, 0.25) is 5.88 Å². The number of anilines is 1. The monoisotopic (exact) mass is 206 g/mol. The van der Waals surface area contributed by atoms with Crippen LogP contribution in [0.4, 0.5) is 5.69 Å². The van der Waals surface area contributed by atoms with Crippen molar-refractivity contribution in [2.24, 2.45) is 5.92 Å². The van der Waals surface area contributed by atoms with Gasteiger partial charge in [-0.25, -0.2) is 4.98 Å². The van der Waals surface area contributed by atoms with Crippen LogP contribution in [0.3, 0.4) is 0 Å². The van der Waals surface area contributed by atoms with E-state index in [9.17, 15) is 0 Å². The lowest BCUT2D eigenvalue weighted by Gasteiger charge is -2.18. The lowest BCUT2D eigenvalue weighted by Crippen LogP contribution is -2.21. The molecule has 1 N–H and O–H groups in total. The van der Waals surface area contributed by atoms with Crippen LogP contribution in [0.5, 0.6) is 5.88 Å². The van der Waals surface area contributed by atoms with Crippen molar-refractivity contribution >= 4 is 5.69 Å². The number of nitrogens with one attached hydrogen (secondary N) is 1. The molecule has 1 fully saturated rings. The van der Waals surface area contributed by atoms with Crippen molar-refractivity contribution in [3.63, 3.8) is 0 Å². The van der Waals surface area contributed by atoms with E-state index in [2.05, 4.69) is 17.2 Å². The van der Waals surface area contributed by atoms with Crippen LogP contribution in [0.25, 0.3) is 0 Å². The fraction of sp³-hybridized carbons (Fsp3) is 0.583. The molecule has 1 aromatic rings. The van der Waals surface area contributed by atoms with Crippen LogP contribution in [-0.2, 0) is 0 Å². The summed E-state index contributed by atoms with van der Waals surface area (Å²) in [6.45, 7) is 2.22. The van der Waals surface area contributed by atoms with Gasteiger partial charge in [-0.2, -0.15) is 0 Å². The molecule has 1 heterocycles. The van der Waals surface area contributed by atoms with Gasteiger partial charge in [-0.15, -0.1) is 0 Å². The third kappa shape index (κ3) is 2.41. The molecular formula is C12H18N2O. The maximum absolute atomic E-state index is 5.22. The molecule has 0 amide bonds. The van der Waals surface area contributed by atoms with Crippen LogP contribution in [0, 0.1) is 5.92 Å². The third-order valence-electron chi connectivity index (χ3n) is 2.94. The summed E-state index contributed by atoms with van der Waals surface area (Å²) < 4.78 is 5.22. The van der Waals surface area contributed by atoms with E-state index in [1.807, 2.05) is 12.1 Å². The lowest BCUT2D eigenvalue weighted by atomic mass is 10.1. The number of nitrogens with zero attached hydrogens (tertiary/aromatic N) is 1. The highest BCUT2D eigenvalue weighted by Gasteiger charge is 2.30. The Balaban J connectivity index is 2.07. The van der Waals surface area contributed by atoms with Crippen molar-refractivity contribution in [3.05, 3.63) is 18.3 Å². The molecule has 3 nitrogen and oxygen atoms in total. The summed E-state index contributed by atoms with van der Waals surface area (Å²) in [6, 6.07) is 4.53. The van der Waals surface area contributed by atoms with Crippen LogP contribution >= 0.6 is 0 Å². The number of pyridine rings is 1. The number of aromatic nitrogens is 1. The Morgan fingerprint density at radius 3 is 3.00 bits per heavy atom. The first-order valence-electron chi connectivity index (χ1n) is 5.60. The van der Waals surface area contributed by atoms with Crippen molar-refractivity contribution < 1.29 is 4.74 Å². The SMILES string of the molecule is CCC(Nc1cccnc1OC)C1CC1. The van der Waals surface area contributed by atoms with E-state index < -0.39 is 0 Å². The van der Waals surface area contributed by atoms with Crippen LogP contribution in [0.2, 0.25) is 0 Å². The lowest BCUT2D eigenvalue weighted by molar-refractivity contribution is 0.398. The van der Waals surface area contributed by atoms with Crippen LogP contribution in [0.1, 0.15) is 26.2 Å². The summed E-state index contributed by atoms with van der Waals surface area (Å²) in [4.78, 5) is 4.18. The van der Waals surface area contributed by atoms with E-state index in [-0.39, 0.29) is 0 Å². The molecule has 0 aliphatic heterocycles. The topological polar surface area (TPSA) is 34.2 Å². The molecule has 2 rings (SSSR count). The highest BCUT2D eigenvalue weighted by molar-refractivity contribution is 5.52. The second-order valence-electron chi connectivity index (χ2n) is 4.06. The average Bonchev–Trinajstić information content (AvgIpc) is 3.10. The number of hydrogen-bond donors (Lipinski definition) is 1. The summed E-state index contributed by atoms with van der Waals surface area (Å²) in [5.74, 6) is 1.54. The van der Waals surface area contributed by atoms with Crippen LogP contribution in [0.15, 0.2) is 18.3 Å². The summed E-state index contributed by atoms with van der Waals surface area (Å²) >= 11 is 0. The first-order valence-corrected chi connectivity index (χ1v) is 5.60. The molecule has 1 aliphatic rings. The summed E-state index contributed by atoms with van der Waals surface area (Å²) in [5.41, 5.74) is 1.01. The fourth-order valence-corrected chi connectivity index (χ4v) is 1.91. The maximum Gasteiger partial charge on any atom is 0.237 e. The number of hydrogen-bond acceptors (Lipinski definition) is 3. The summed E-state index contributed by atoms with van der Waals surface area (Å²) in [6.07, 6.45) is 5.62. The molecule has 1 aliphatic carbocycles. The van der Waals surface area contributed by atoms with Gasteiger partial charge in [0.1, 0.15) is 0 Å². The van der Waals surface area contributed by atoms with Crippen molar-refractivity contribution in [1.82, 2.24) is 4.98 Å². The molecule has 0 radical (unpaired) electrons. The highest BCUT2D eigenvalue weighted by Crippen LogP contribution is 2.36. The zero-order valence-corrected chi connectivity index (χ0v) is 9.36. The van der Waals surface area contributed by atoms with Gasteiger partial charge in [0, 0.05) is 12.2 Å². The Kier molecular flexibility index (Phi) is 3.09. The summed E-state index contributed by atoms with van der Waals surface area (Å²) in [7, 11) is 1.66. The highest BCUT2D eigenvalue weighted by atomic mass is 16.5. The Morgan fingerprint density at radius 1 is 1.60 bits per heavy atom. The molecule has 3 heteroatoms. The zero-order valence-electron chi connectivity index (χ0n) is 9.36. The predicted molar refractivity (Wildman–Crippen MR) is 61.2 cm³/mol. The van der Waals surface area contributed by atoms with Gasteiger partial charge >= 0.3 is 0 Å². The van der Waals surface area contributed by atoms with Gasteiger partial charge < -0.3 is 10.1 Å². The van der Waals surface area contributed by atoms with Gasteiger partial charge in [-0.05, 0) is 37.3 Å². The number of methoxy groups -OCH3 is 1. The van der Waals surface area contributed by atoms with Gasteiger partial charge in [0.05, 0.1) is 12.8 Å². The molecule has 0 spiro atoms. The standard InChI is InChI=1S/C12H18N2O/c1-3-10(9-6-7-9)14-11-5-4-8-13-12(11)15-2/h4-5,8-10,14H,3,6-7H2,1-2H3. The minimum absolute atomic E-state index is 0.572. The minimum Gasteiger partial charge on any atom is -0.480 e. The average molecular weight is 206 g/mol. The largest absolute Gasteiger partial charge is 0.480 e. The maximum atomic E-state index is 5.22. The van der Waals surface area contributed by atoms with E-state index >= 15 is 0 Å². The quantitative estimate of drug-likeness (QED) is 0.804. The molecule has 82 valence electrons. The molecule has 1 aromatic heterocycles. The van der Waals surface area contributed by atoms with Gasteiger partial charge in [-0.1, -0.05) is 6.92 Å². The predicted octanol–water partition coefficient (Wildman–Crippen LogP) is 2.69. The van der Waals surface area contributed by atoms with Crippen LogP contribution in [-0.4, -0.2) is 18.1 Å². The van der Waals surface area contributed by atoms with Crippen molar-refractivity contribution in [2.45, 2.75) is 32.2 Å². The molecule has 15 heavy (non-hydrogen) atoms.